The maximum Gasteiger partial charge on any atom is 0.250 e. The van der Waals surface area contributed by atoms with Gasteiger partial charge in [0.15, 0.2) is 0 Å². The van der Waals surface area contributed by atoms with E-state index in [1.54, 1.807) is 42.0 Å². The summed E-state index contributed by atoms with van der Waals surface area (Å²) >= 11 is 1.19. The first-order valence-electron chi connectivity index (χ1n) is 9.71. The van der Waals surface area contributed by atoms with Gasteiger partial charge in [-0.05, 0) is 35.2 Å². The third-order valence-electron chi connectivity index (χ3n) is 5.24. The van der Waals surface area contributed by atoms with Crippen LogP contribution in [0.3, 0.4) is 0 Å². The van der Waals surface area contributed by atoms with Crippen molar-refractivity contribution in [2.75, 3.05) is 37.6 Å². The van der Waals surface area contributed by atoms with Gasteiger partial charge in [0.2, 0.25) is 10.0 Å². The molecular formula is C21H23FN4O2S2. The SMILES string of the molecule is O=S(=O)(NC[C@@H](c1cccnc1)N1CCN(c2ccccc2F)CC1)c1cccs1. The predicted molar refractivity (Wildman–Crippen MR) is 117 cm³/mol. The first-order chi connectivity index (χ1) is 14.5. The average molecular weight is 447 g/mol. The quantitative estimate of drug-likeness (QED) is 0.604. The number of benzene rings is 1. The van der Waals surface area contributed by atoms with E-state index in [1.807, 2.05) is 23.1 Å². The van der Waals surface area contributed by atoms with Gasteiger partial charge in [0, 0.05) is 45.1 Å². The van der Waals surface area contributed by atoms with Gasteiger partial charge in [-0.2, -0.15) is 0 Å². The number of hydrogen-bond donors (Lipinski definition) is 1. The fourth-order valence-electron chi connectivity index (χ4n) is 3.69. The van der Waals surface area contributed by atoms with E-state index >= 15 is 0 Å². The maximum atomic E-state index is 14.1. The molecule has 158 valence electrons. The van der Waals surface area contributed by atoms with E-state index in [0.717, 1.165) is 5.56 Å². The van der Waals surface area contributed by atoms with Gasteiger partial charge in [-0.3, -0.25) is 9.88 Å². The van der Waals surface area contributed by atoms with E-state index in [0.29, 0.717) is 36.1 Å². The largest absolute Gasteiger partial charge is 0.367 e. The lowest BCUT2D eigenvalue weighted by molar-refractivity contribution is 0.186. The predicted octanol–water partition coefficient (Wildman–Crippen LogP) is 3.12. The molecule has 30 heavy (non-hydrogen) atoms. The molecule has 0 bridgehead atoms. The van der Waals surface area contributed by atoms with Gasteiger partial charge in [0.25, 0.3) is 0 Å². The summed E-state index contributed by atoms with van der Waals surface area (Å²) in [6.07, 6.45) is 3.47. The lowest BCUT2D eigenvalue weighted by Gasteiger charge is -2.40. The smallest absolute Gasteiger partial charge is 0.250 e. The number of sulfonamides is 1. The molecule has 0 radical (unpaired) electrons. The van der Waals surface area contributed by atoms with Gasteiger partial charge in [-0.15, -0.1) is 11.3 Å². The molecule has 0 aliphatic carbocycles. The Morgan fingerprint density at radius 1 is 1.07 bits per heavy atom. The Morgan fingerprint density at radius 3 is 2.53 bits per heavy atom. The molecule has 1 atom stereocenters. The number of rotatable bonds is 7. The molecular weight excluding hydrogens is 423 g/mol. The Balaban J connectivity index is 1.48. The fourth-order valence-corrected chi connectivity index (χ4v) is 5.77. The van der Waals surface area contributed by atoms with E-state index in [9.17, 15) is 12.8 Å². The normalized spacial score (nSPS) is 16.5. The molecule has 9 heteroatoms. The summed E-state index contributed by atoms with van der Waals surface area (Å²) in [6.45, 7) is 2.94. The fraction of sp³-hybridized carbons (Fsp3) is 0.286. The van der Waals surface area contributed by atoms with Crippen molar-refractivity contribution in [2.45, 2.75) is 10.3 Å². The molecule has 4 rings (SSSR count). The van der Waals surface area contributed by atoms with Crippen LogP contribution in [0.4, 0.5) is 10.1 Å². The van der Waals surface area contributed by atoms with Crippen molar-refractivity contribution in [3.8, 4) is 0 Å². The minimum atomic E-state index is -3.56. The minimum Gasteiger partial charge on any atom is -0.367 e. The summed E-state index contributed by atoms with van der Waals surface area (Å²) in [6, 6.07) is 13.8. The molecule has 1 fully saturated rings. The van der Waals surface area contributed by atoms with Crippen LogP contribution in [0.2, 0.25) is 0 Å². The highest BCUT2D eigenvalue weighted by Crippen LogP contribution is 2.26. The summed E-state index contributed by atoms with van der Waals surface area (Å²) in [5.41, 5.74) is 1.55. The van der Waals surface area contributed by atoms with E-state index in [1.165, 1.54) is 17.4 Å². The zero-order chi connectivity index (χ0) is 21.0. The summed E-state index contributed by atoms with van der Waals surface area (Å²) in [5, 5.41) is 1.75. The average Bonchev–Trinajstić information content (AvgIpc) is 3.32. The molecule has 0 saturated carbocycles. The standard InChI is InChI=1S/C21H23FN4O2S2/c22-18-6-1-2-7-19(18)25-10-12-26(13-11-25)20(17-5-3-9-23-15-17)16-24-30(27,28)21-8-4-14-29-21/h1-9,14-15,20,24H,10-13,16H2/t20-/m0/s1. The van der Waals surface area contributed by atoms with Crippen LogP contribution in [0, 0.1) is 5.82 Å². The number of piperazine rings is 1. The molecule has 2 aromatic heterocycles. The molecule has 1 N–H and O–H groups in total. The highest BCUT2D eigenvalue weighted by molar-refractivity contribution is 7.91. The first-order valence-corrected chi connectivity index (χ1v) is 12.1. The molecule has 0 unspecified atom stereocenters. The molecule has 1 aromatic carbocycles. The van der Waals surface area contributed by atoms with Crippen molar-refractivity contribution in [3.05, 3.63) is 77.7 Å². The third kappa shape index (κ3) is 4.70. The lowest BCUT2D eigenvalue weighted by Crippen LogP contribution is -2.50. The van der Waals surface area contributed by atoms with Gasteiger partial charge >= 0.3 is 0 Å². The van der Waals surface area contributed by atoms with Crippen LogP contribution in [0.25, 0.3) is 0 Å². The van der Waals surface area contributed by atoms with Crippen molar-refractivity contribution in [3.63, 3.8) is 0 Å². The van der Waals surface area contributed by atoms with Crippen LogP contribution >= 0.6 is 11.3 Å². The van der Waals surface area contributed by atoms with Crippen molar-refractivity contribution < 1.29 is 12.8 Å². The van der Waals surface area contributed by atoms with Crippen LogP contribution in [0.5, 0.6) is 0 Å². The minimum absolute atomic E-state index is 0.156. The topological polar surface area (TPSA) is 65.5 Å². The van der Waals surface area contributed by atoms with Gasteiger partial charge in [-0.1, -0.05) is 24.3 Å². The van der Waals surface area contributed by atoms with Gasteiger partial charge in [0.05, 0.1) is 11.7 Å². The maximum absolute atomic E-state index is 14.1. The number of anilines is 1. The molecule has 0 amide bonds. The van der Waals surface area contributed by atoms with Crippen LogP contribution in [0.1, 0.15) is 11.6 Å². The van der Waals surface area contributed by atoms with E-state index < -0.39 is 10.0 Å². The number of nitrogens with zero attached hydrogens (tertiary/aromatic N) is 3. The van der Waals surface area contributed by atoms with Crippen molar-refractivity contribution >= 4 is 27.0 Å². The number of hydrogen-bond acceptors (Lipinski definition) is 6. The van der Waals surface area contributed by atoms with E-state index in [4.69, 9.17) is 0 Å². The van der Waals surface area contributed by atoms with Gasteiger partial charge < -0.3 is 4.90 Å². The zero-order valence-corrected chi connectivity index (χ0v) is 17.9. The second-order valence-corrected chi connectivity index (χ2v) is 10.0. The molecule has 1 aliphatic rings. The lowest BCUT2D eigenvalue weighted by atomic mass is 10.1. The number of para-hydroxylation sites is 1. The summed E-state index contributed by atoms with van der Waals surface area (Å²) in [4.78, 5) is 8.46. The highest BCUT2D eigenvalue weighted by atomic mass is 32.2. The molecule has 6 nitrogen and oxygen atoms in total. The van der Waals surface area contributed by atoms with Crippen molar-refractivity contribution in [1.82, 2.24) is 14.6 Å². The summed E-state index contributed by atoms with van der Waals surface area (Å²) < 4.78 is 42.4. The van der Waals surface area contributed by atoms with Crippen LogP contribution in [-0.4, -0.2) is 51.0 Å². The highest BCUT2D eigenvalue weighted by Gasteiger charge is 2.28. The Kier molecular flexibility index (Phi) is 6.43. The van der Waals surface area contributed by atoms with Crippen molar-refractivity contribution in [1.29, 1.82) is 0 Å². The first kappa shape index (κ1) is 20.9. The molecule has 1 aliphatic heterocycles. The second-order valence-electron chi connectivity index (χ2n) is 7.06. The number of nitrogens with one attached hydrogen (secondary N) is 1. The van der Waals surface area contributed by atoms with Crippen molar-refractivity contribution in [2.24, 2.45) is 0 Å². The van der Waals surface area contributed by atoms with Crippen LogP contribution in [-0.2, 0) is 10.0 Å². The van der Waals surface area contributed by atoms with Crippen LogP contribution in [0.15, 0.2) is 70.5 Å². The molecule has 1 saturated heterocycles. The van der Waals surface area contributed by atoms with Gasteiger partial charge in [-0.25, -0.2) is 17.5 Å². The summed E-state index contributed by atoms with van der Waals surface area (Å²) in [5.74, 6) is -0.224. The zero-order valence-electron chi connectivity index (χ0n) is 16.3. The number of thiophene rings is 1. The monoisotopic (exact) mass is 446 g/mol. The van der Waals surface area contributed by atoms with Gasteiger partial charge in [0.1, 0.15) is 10.0 Å². The third-order valence-corrected chi connectivity index (χ3v) is 8.07. The Labute approximate surface area is 180 Å². The number of aromatic nitrogens is 1. The Hall–Kier alpha value is -2.33. The van der Waals surface area contributed by atoms with Crippen LogP contribution < -0.4 is 9.62 Å². The molecule has 3 aromatic rings. The van der Waals surface area contributed by atoms with E-state index in [-0.39, 0.29) is 18.4 Å². The number of pyridine rings is 1. The van der Waals surface area contributed by atoms with E-state index in [2.05, 4.69) is 14.6 Å². The Bertz CT molecular complexity index is 1050. The second kappa shape index (κ2) is 9.22. The summed E-state index contributed by atoms with van der Waals surface area (Å²) in [7, 11) is -3.56. The molecule has 0 spiro atoms. The molecule has 3 heterocycles. The number of halogens is 1. The Morgan fingerprint density at radius 2 is 1.87 bits per heavy atom.